The first kappa shape index (κ1) is 13.0. The van der Waals surface area contributed by atoms with Gasteiger partial charge in [0, 0.05) is 6.20 Å². The lowest BCUT2D eigenvalue weighted by Gasteiger charge is -2.14. The van der Waals surface area contributed by atoms with E-state index < -0.39 is 12.1 Å². The molecule has 0 radical (unpaired) electrons. The molecule has 1 aromatic heterocycles. The summed E-state index contributed by atoms with van der Waals surface area (Å²) in [6.45, 7) is 2.04. The number of hydrogen-bond acceptors (Lipinski definition) is 4. The molecule has 0 saturated heterocycles. The van der Waals surface area contributed by atoms with Crippen molar-refractivity contribution in [1.29, 1.82) is 5.41 Å². The van der Waals surface area contributed by atoms with Crippen LogP contribution in [-0.2, 0) is 4.74 Å². The SMILES string of the molecule is C#CC(NC)n1ccc(C(=O)OCC)cc1=N. The van der Waals surface area contributed by atoms with E-state index >= 15 is 0 Å². The number of nitrogens with one attached hydrogen (secondary N) is 2. The molecule has 1 unspecified atom stereocenters. The van der Waals surface area contributed by atoms with Crippen LogP contribution in [-0.4, -0.2) is 24.2 Å². The highest BCUT2D eigenvalue weighted by molar-refractivity contribution is 5.89. The fraction of sp³-hybridized carbons (Fsp3) is 0.333. The number of terminal acetylenes is 1. The number of rotatable bonds is 4. The number of esters is 1. The molecule has 0 aromatic carbocycles. The van der Waals surface area contributed by atoms with Gasteiger partial charge in [0.1, 0.15) is 11.7 Å². The Labute approximate surface area is 99.9 Å². The van der Waals surface area contributed by atoms with Gasteiger partial charge in [0.25, 0.3) is 0 Å². The topological polar surface area (TPSA) is 67.1 Å². The van der Waals surface area contributed by atoms with Crippen LogP contribution in [0.1, 0.15) is 23.4 Å². The van der Waals surface area contributed by atoms with E-state index in [1.807, 2.05) is 0 Å². The van der Waals surface area contributed by atoms with Crippen LogP contribution >= 0.6 is 0 Å². The van der Waals surface area contributed by atoms with Crippen LogP contribution in [0.15, 0.2) is 18.3 Å². The van der Waals surface area contributed by atoms with Crippen molar-refractivity contribution in [3.8, 4) is 12.3 Å². The van der Waals surface area contributed by atoms with E-state index in [2.05, 4.69) is 11.2 Å². The van der Waals surface area contributed by atoms with Crippen molar-refractivity contribution in [2.75, 3.05) is 13.7 Å². The highest BCUT2D eigenvalue weighted by Crippen LogP contribution is 2.01. The minimum Gasteiger partial charge on any atom is -0.462 e. The fourth-order valence-electron chi connectivity index (χ4n) is 1.38. The Kier molecular flexibility index (Phi) is 4.49. The Bertz CT molecular complexity index is 499. The Balaban J connectivity index is 3.07. The van der Waals surface area contributed by atoms with Crippen molar-refractivity contribution in [1.82, 2.24) is 9.88 Å². The summed E-state index contributed by atoms with van der Waals surface area (Å²) in [7, 11) is 1.70. The van der Waals surface area contributed by atoms with Crippen molar-refractivity contribution in [2.24, 2.45) is 0 Å². The molecule has 1 heterocycles. The van der Waals surface area contributed by atoms with Gasteiger partial charge in [-0.15, -0.1) is 6.42 Å². The van der Waals surface area contributed by atoms with Gasteiger partial charge in [0.15, 0.2) is 0 Å². The maximum Gasteiger partial charge on any atom is 0.338 e. The highest BCUT2D eigenvalue weighted by Gasteiger charge is 2.09. The van der Waals surface area contributed by atoms with Crippen molar-refractivity contribution >= 4 is 5.97 Å². The van der Waals surface area contributed by atoms with Gasteiger partial charge < -0.3 is 9.30 Å². The van der Waals surface area contributed by atoms with Gasteiger partial charge in [-0.25, -0.2) is 4.79 Å². The molecular weight excluding hydrogens is 218 g/mol. The summed E-state index contributed by atoms with van der Waals surface area (Å²) in [4.78, 5) is 11.4. The highest BCUT2D eigenvalue weighted by atomic mass is 16.5. The van der Waals surface area contributed by atoms with E-state index in [1.54, 1.807) is 30.8 Å². The van der Waals surface area contributed by atoms with Crippen LogP contribution in [0.25, 0.3) is 0 Å². The van der Waals surface area contributed by atoms with Crippen molar-refractivity contribution in [3.05, 3.63) is 29.4 Å². The molecule has 5 nitrogen and oxygen atoms in total. The summed E-state index contributed by atoms with van der Waals surface area (Å²) in [6.07, 6.45) is 6.51. The first-order chi connectivity index (χ1) is 8.13. The first-order valence-corrected chi connectivity index (χ1v) is 5.21. The summed E-state index contributed by atoms with van der Waals surface area (Å²) < 4.78 is 6.39. The third-order valence-electron chi connectivity index (χ3n) is 2.21. The molecule has 1 aromatic rings. The molecule has 17 heavy (non-hydrogen) atoms. The molecule has 0 bridgehead atoms. The minimum atomic E-state index is -0.435. The quantitative estimate of drug-likeness (QED) is 0.587. The molecule has 5 heteroatoms. The molecule has 0 aliphatic carbocycles. The molecule has 2 N–H and O–H groups in total. The zero-order valence-corrected chi connectivity index (χ0v) is 9.86. The lowest BCUT2D eigenvalue weighted by Crippen LogP contribution is -2.31. The molecule has 0 aliphatic heterocycles. The van der Waals surface area contributed by atoms with E-state index in [1.165, 1.54) is 6.07 Å². The predicted octanol–water partition coefficient (Wildman–Crippen LogP) is 0.495. The molecule has 0 amide bonds. The van der Waals surface area contributed by atoms with Crippen molar-refractivity contribution in [3.63, 3.8) is 0 Å². The lowest BCUT2D eigenvalue weighted by molar-refractivity contribution is 0.0526. The minimum absolute atomic E-state index is 0.146. The largest absolute Gasteiger partial charge is 0.462 e. The number of hydrogen-bond donors (Lipinski definition) is 2. The molecule has 90 valence electrons. The summed E-state index contributed by atoms with van der Waals surface area (Å²) in [5.74, 6) is 2.06. The van der Waals surface area contributed by atoms with E-state index in [9.17, 15) is 4.79 Å². The summed E-state index contributed by atoms with van der Waals surface area (Å²) in [6, 6.07) is 3.01. The standard InChI is InChI=1S/C12H15N3O2/c1-4-11(14-3)15-7-6-9(8-10(15)13)12(16)17-5-2/h1,6-8,11,13-14H,5H2,2-3H3. The Morgan fingerprint density at radius 3 is 2.94 bits per heavy atom. The van der Waals surface area contributed by atoms with Gasteiger partial charge in [-0.1, -0.05) is 5.92 Å². The second-order valence-electron chi connectivity index (χ2n) is 3.29. The molecule has 1 atom stereocenters. The monoisotopic (exact) mass is 233 g/mol. The maximum absolute atomic E-state index is 11.4. The maximum atomic E-state index is 11.4. The van der Waals surface area contributed by atoms with Crippen LogP contribution in [0.5, 0.6) is 0 Å². The van der Waals surface area contributed by atoms with E-state index in [-0.39, 0.29) is 5.49 Å². The van der Waals surface area contributed by atoms with E-state index in [0.717, 1.165) is 0 Å². The third kappa shape index (κ3) is 2.95. The number of nitrogens with zero attached hydrogens (tertiary/aromatic N) is 1. The van der Waals surface area contributed by atoms with Crippen LogP contribution < -0.4 is 10.8 Å². The molecule has 0 aliphatic rings. The number of ether oxygens (including phenoxy) is 1. The average molecular weight is 233 g/mol. The third-order valence-corrected chi connectivity index (χ3v) is 2.21. The second-order valence-corrected chi connectivity index (χ2v) is 3.29. The van der Waals surface area contributed by atoms with E-state index in [4.69, 9.17) is 16.6 Å². The Morgan fingerprint density at radius 1 is 1.76 bits per heavy atom. The smallest absolute Gasteiger partial charge is 0.338 e. The van der Waals surface area contributed by atoms with Crippen LogP contribution in [0.3, 0.4) is 0 Å². The fourth-order valence-corrected chi connectivity index (χ4v) is 1.38. The molecule has 0 spiro atoms. The summed E-state index contributed by atoms with van der Waals surface area (Å²) in [5, 5.41) is 10.7. The summed E-state index contributed by atoms with van der Waals surface area (Å²) >= 11 is 0. The molecule has 0 saturated carbocycles. The number of pyridine rings is 1. The predicted molar refractivity (Wildman–Crippen MR) is 63.2 cm³/mol. The molecule has 0 fully saturated rings. The lowest BCUT2D eigenvalue weighted by atomic mass is 10.2. The van der Waals surface area contributed by atoms with Crippen molar-refractivity contribution in [2.45, 2.75) is 13.1 Å². The van der Waals surface area contributed by atoms with Crippen LogP contribution in [0.4, 0.5) is 0 Å². The van der Waals surface area contributed by atoms with Gasteiger partial charge >= 0.3 is 5.97 Å². The van der Waals surface area contributed by atoms with Crippen LogP contribution in [0, 0.1) is 17.8 Å². The average Bonchev–Trinajstić information content (AvgIpc) is 2.32. The van der Waals surface area contributed by atoms with Gasteiger partial charge in [-0.2, -0.15) is 0 Å². The van der Waals surface area contributed by atoms with E-state index in [0.29, 0.717) is 12.2 Å². The number of aromatic nitrogens is 1. The molecular formula is C12H15N3O2. The van der Waals surface area contributed by atoms with Gasteiger partial charge in [-0.3, -0.25) is 10.7 Å². The zero-order chi connectivity index (χ0) is 12.8. The van der Waals surface area contributed by atoms with Gasteiger partial charge in [-0.05, 0) is 26.1 Å². The normalized spacial score (nSPS) is 11.6. The zero-order valence-electron chi connectivity index (χ0n) is 9.86. The van der Waals surface area contributed by atoms with Crippen molar-refractivity contribution < 1.29 is 9.53 Å². The summed E-state index contributed by atoms with van der Waals surface area (Å²) in [5.41, 5.74) is 0.493. The van der Waals surface area contributed by atoms with Gasteiger partial charge in [0.05, 0.1) is 12.2 Å². The second kappa shape index (κ2) is 5.87. The Hall–Kier alpha value is -2.06. The number of carbonyl (C=O) groups is 1. The van der Waals surface area contributed by atoms with Gasteiger partial charge in [0.2, 0.25) is 0 Å². The first-order valence-electron chi connectivity index (χ1n) is 5.21. The molecule has 1 rings (SSSR count). The number of carbonyl (C=O) groups excluding carboxylic acids is 1. The van der Waals surface area contributed by atoms with Crippen LogP contribution in [0.2, 0.25) is 0 Å². The Morgan fingerprint density at radius 2 is 2.47 bits per heavy atom.